The van der Waals surface area contributed by atoms with Crippen LogP contribution in [0.5, 0.6) is 17.2 Å². The smallest absolute Gasteiger partial charge is 0.416 e. The van der Waals surface area contributed by atoms with Crippen LogP contribution in [0.3, 0.4) is 0 Å². The molecule has 0 spiro atoms. The van der Waals surface area contributed by atoms with Gasteiger partial charge in [0.15, 0.2) is 11.5 Å². The van der Waals surface area contributed by atoms with Gasteiger partial charge in [0.25, 0.3) is 5.91 Å². The van der Waals surface area contributed by atoms with E-state index in [-0.39, 0.29) is 12.1 Å². The maximum absolute atomic E-state index is 12.7. The number of alkyl halides is 3. The number of carbonyl (C=O) groups is 1. The van der Waals surface area contributed by atoms with Crippen LogP contribution in [0.4, 0.5) is 13.2 Å². The molecular formula is C21H22F3NO5. The van der Waals surface area contributed by atoms with Crippen LogP contribution in [-0.4, -0.2) is 55.4 Å². The number of piperidine rings is 1. The summed E-state index contributed by atoms with van der Waals surface area (Å²) < 4.78 is 54.3. The zero-order valence-electron chi connectivity index (χ0n) is 16.5. The van der Waals surface area contributed by atoms with Gasteiger partial charge in [0.05, 0.1) is 26.3 Å². The number of hydrogen-bond acceptors (Lipinski definition) is 5. The van der Waals surface area contributed by atoms with E-state index < -0.39 is 29.9 Å². The highest BCUT2D eigenvalue weighted by Gasteiger charge is 2.33. The van der Waals surface area contributed by atoms with E-state index in [2.05, 4.69) is 0 Å². The number of aliphatic hydroxyl groups excluding tert-OH is 1. The second-order valence-corrected chi connectivity index (χ2v) is 6.86. The normalized spacial score (nSPS) is 19.3. The highest BCUT2D eigenvalue weighted by atomic mass is 19.4. The van der Waals surface area contributed by atoms with Crippen LogP contribution in [0, 0.1) is 0 Å². The summed E-state index contributed by atoms with van der Waals surface area (Å²) in [6.45, 7) is 0.312. The van der Waals surface area contributed by atoms with Crippen molar-refractivity contribution in [2.45, 2.75) is 24.8 Å². The van der Waals surface area contributed by atoms with E-state index in [1.54, 1.807) is 18.2 Å². The Bertz CT molecular complexity index is 885. The van der Waals surface area contributed by atoms with Gasteiger partial charge in [0.2, 0.25) is 0 Å². The molecule has 1 aliphatic rings. The Balaban J connectivity index is 1.63. The molecule has 1 saturated heterocycles. The van der Waals surface area contributed by atoms with Crippen LogP contribution in [-0.2, 0) is 6.18 Å². The molecule has 2 atom stereocenters. The molecule has 0 saturated carbocycles. The van der Waals surface area contributed by atoms with Crippen molar-refractivity contribution in [2.24, 2.45) is 0 Å². The Morgan fingerprint density at radius 1 is 1.07 bits per heavy atom. The van der Waals surface area contributed by atoms with E-state index in [1.165, 1.54) is 19.1 Å². The lowest BCUT2D eigenvalue weighted by Gasteiger charge is -2.36. The predicted molar refractivity (Wildman–Crippen MR) is 102 cm³/mol. The van der Waals surface area contributed by atoms with E-state index in [4.69, 9.17) is 14.2 Å². The number of hydrogen-bond donors (Lipinski definition) is 1. The van der Waals surface area contributed by atoms with Crippen molar-refractivity contribution >= 4 is 5.91 Å². The molecule has 1 heterocycles. The van der Waals surface area contributed by atoms with Gasteiger partial charge in [-0.25, -0.2) is 0 Å². The van der Waals surface area contributed by atoms with Gasteiger partial charge < -0.3 is 24.2 Å². The Morgan fingerprint density at radius 3 is 2.30 bits per heavy atom. The number of amides is 1. The number of β-amino-alcohol motifs (C(OH)–C–C–N with tert-alkyl or cyclic N) is 1. The molecular weight excluding hydrogens is 403 g/mol. The third kappa shape index (κ3) is 4.79. The second kappa shape index (κ2) is 8.83. The zero-order valence-corrected chi connectivity index (χ0v) is 16.5. The van der Waals surface area contributed by atoms with Gasteiger partial charge >= 0.3 is 6.18 Å². The molecule has 3 rings (SSSR count). The summed E-state index contributed by atoms with van der Waals surface area (Å²) in [5.74, 6) is 1.08. The monoisotopic (exact) mass is 425 g/mol. The summed E-state index contributed by atoms with van der Waals surface area (Å²) in [6.07, 6.45) is -5.59. The van der Waals surface area contributed by atoms with Crippen molar-refractivity contribution in [1.82, 2.24) is 4.90 Å². The molecule has 2 aromatic rings. The third-order valence-electron chi connectivity index (χ3n) is 4.91. The molecule has 1 N–H and O–H groups in total. The van der Waals surface area contributed by atoms with Crippen LogP contribution in [0.1, 0.15) is 22.3 Å². The van der Waals surface area contributed by atoms with E-state index in [9.17, 15) is 23.1 Å². The highest BCUT2D eigenvalue weighted by molar-refractivity contribution is 5.94. The third-order valence-corrected chi connectivity index (χ3v) is 4.91. The molecule has 0 aromatic heterocycles. The Morgan fingerprint density at radius 2 is 1.73 bits per heavy atom. The molecule has 1 amide bonds. The van der Waals surface area contributed by atoms with E-state index >= 15 is 0 Å². The number of ether oxygens (including phenoxy) is 3. The first-order valence-electron chi connectivity index (χ1n) is 9.26. The standard InChI is InChI=1S/C21H22F3NO5/c1-28-18-8-7-15(11-19(18)29-2)30-17-9-10-25(12-16(17)26)20(27)13-3-5-14(6-4-13)21(22,23)24/h3-8,11,16-17,26H,9-10,12H2,1-2H3/t16-,17-/m1/s1. The summed E-state index contributed by atoms with van der Waals surface area (Å²) in [5, 5.41) is 10.5. The SMILES string of the molecule is COc1ccc(O[C@@H]2CCN(C(=O)c3ccc(C(F)(F)F)cc3)C[C@H]2O)cc1OC. The fraction of sp³-hybridized carbons (Fsp3) is 0.381. The van der Waals surface area contributed by atoms with Crippen LogP contribution in [0.25, 0.3) is 0 Å². The van der Waals surface area contributed by atoms with Crippen LogP contribution in [0.2, 0.25) is 0 Å². The summed E-state index contributed by atoms with van der Waals surface area (Å²) in [7, 11) is 3.02. The molecule has 30 heavy (non-hydrogen) atoms. The van der Waals surface area contributed by atoms with Crippen molar-refractivity contribution in [3.8, 4) is 17.2 Å². The van der Waals surface area contributed by atoms with E-state index in [1.807, 2.05) is 0 Å². The molecule has 1 aliphatic heterocycles. The number of nitrogens with zero attached hydrogens (tertiary/aromatic N) is 1. The van der Waals surface area contributed by atoms with Gasteiger partial charge in [-0.1, -0.05) is 0 Å². The lowest BCUT2D eigenvalue weighted by Crippen LogP contribution is -2.51. The first-order valence-corrected chi connectivity index (χ1v) is 9.26. The molecule has 0 radical (unpaired) electrons. The van der Waals surface area contributed by atoms with E-state index in [0.717, 1.165) is 24.3 Å². The first kappa shape index (κ1) is 21.8. The Labute approximate surface area is 171 Å². The molecule has 2 aromatic carbocycles. The topological polar surface area (TPSA) is 68.2 Å². The number of carbonyl (C=O) groups excluding carboxylic acids is 1. The zero-order chi connectivity index (χ0) is 21.9. The van der Waals surface area contributed by atoms with Gasteiger partial charge in [-0.05, 0) is 36.4 Å². The first-order chi connectivity index (χ1) is 14.2. The van der Waals surface area contributed by atoms with Gasteiger partial charge in [-0.3, -0.25) is 4.79 Å². The minimum Gasteiger partial charge on any atom is -0.493 e. The van der Waals surface area contributed by atoms with Crippen LogP contribution >= 0.6 is 0 Å². The molecule has 0 aliphatic carbocycles. The quantitative estimate of drug-likeness (QED) is 0.796. The Hall–Kier alpha value is -2.94. The minimum absolute atomic E-state index is 0.0117. The molecule has 162 valence electrons. The highest BCUT2D eigenvalue weighted by Crippen LogP contribution is 2.32. The van der Waals surface area contributed by atoms with Crippen LogP contribution in [0.15, 0.2) is 42.5 Å². The number of likely N-dealkylation sites (tertiary alicyclic amines) is 1. The summed E-state index contributed by atoms with van der Waals surface area (Å²) in [6, 6.07) is 9.05. The van der Waals surface area contributed by atoms with Crippen molar-refractivity contribution < 1.29 is 37.3 Å². The average molecular weight is 425 g/mol. The largest absolute Gasteiger partial charge is 0.493 e. The summed E-state index contributed by atoms with van der Waals surface area (Å²) in [5.41, 5.74) is -0.685. The number of aliphatic hydroxyl groups is 1. The van der Waals surface area contributed by atoms with Crippen molar-refractivity contribution in [1.29, 1.82) is 0 Å². The molecule has 9 heteroatoms. The fourth-order valence-electron chi connectivity index (χ4n) is 3.28. The van der Waals surface area contributed by atoms with Crippen molar-refractivity contribution in [2.75, 3.05) is 27.3 Å². The van der Waals surface area contributed by atoms with Gasteiger partial charge in [-0.15, -0.1) is 0 Å². The van der Waals surface area contributed by atoms with Crippen LogP contribution < -0.4 is 14.2 Å². The van der Waals surface area contributed by atoms with Crippen molar-refractivity contribution in [3.05, 3.63) is 53.6 Å². The summed E-state index contributed by atoms with van der Waals surface area (Å²) >= 11 is 0. The summed E-state index contributed by atoms with van der Waals surface area (Å²) in [4.78, 5) is 14.0. The van der Waals surface area contributed by atoms with E-state index in [0.29, 0.717) is 30.2 Å². The lowest BCUT2D eigenvalue weighted by molar-refractivity contribution is -0.137. The number of rotatable bonds is 5. The minimum atomic E-state index is -4.46. The number of methoxy groups -OCH3 is 2. The lowest BCUT2D eigenvalue weighted by atomic mass is 10.0. The molecule has 6 nitrogen and oxygen atoms in total. The number of benzene rings is 2. The number of halogens is 3. The van der Waals surface area contributed by atoms with Gasteiger partial charge in [0.1, 0.15) is 18.0 Å². The van der Waals surface area contributed by atoms with Crippen molar-refractivity contribution in [3.63, 3.8) is 0 Å². The van der Waals surface area contributed by atoms with Gasteiger partial charge in [0, 0.05) is 24.6 Å². The maximum Gasteiger partial charge on any atom is 0.416 e. The second-order valence-electron chi connectivity index (χ2n) is 6.86. The Kier molecular flexibility index (Phi) is 6.40. The maximum atomic E-state index is 12.7. The predicted octanol–water partition coefficient (Wildman–Crippen LogP) is 3.38. The fourth-order valence-corrected chi connectivity index (χ4v) is 3.28. The average Bonchev–Trinajstić information content (AvgIpc) is 2.74. The molecule has 0 unspecified atom stereocenters. The molecule has 1 fully saturated rings. The van der Waals surface area contributed by atoms with Gasteiger partial charge in [-0.2, -0.15) is 13.2 Å². The molecule has 0 bridgehead atoms.